The molecule has 467 valence electrons. The van der Waals surface area contributed by atoms with E-state index in [1.165, 1.54) is 0 Å². The molecule has 3 aliphatic heterocycles. The van der Waals surface area contributed by atoms with E-state index in [4.69, 9.17) is 41.7 Å². The predicted octanol–water partition coefficient (Wildman–Crippen LogP) is 15.0. The van der Waals surface area contributed by atoms with Crippen molar-refractivity contribution in [1.82, 2.24) is 0 Å². The first-order valence-electron chi connectivity index (χ1n) is 30.4. The summed E-state index contributed by atoms with van der Waals surface area (Å²) < 4.78 is 58.9. The average molecular weight is 1290 g/mol. The van der Waals surface area contributed by atoms with Gasteiger partial charge in [0.1, 0.15) is 18.3 Å². The van der Waals surface area contributed by atoms with Crippen molar-refractivity contribution in [1.29, 1.82) is 0 Å². The van der Waals surface area contributed by atoms with Crippen LogP contribution in [-0.2, 0) is 41.7 Å². The summed E-state index contributed by atoms with van der Waals surface area (Å²) in [5.41, 5.74) is 0. The SMILES string of the molecule is CC(C)[C@H](C)/C=C\C(O[Si](C)(C)C(C)(C)C)[C@H]1OC(C)(C)O[C@H]1CCI.CC(C)[C@H](C)/C=C\C(O[Si](C)(C)C(C)(C)C)[C@H]1OC(C)(C)O[C@H]1CCO.CCC[C@@H]1OC(C)(C)O[C@@H]1C(/C=C\[C@@H](C)C(C)C)O[Si](C)(C)C(C)(C)C.[B].[H-].[Li+]. The van der Waals surface area contributed by atoms with Gasteiger partial charge >= 0.3 is 18.9 Å². The molecule has 3 fully saturated rings. The van der Waals surface area contributed by atoms with Gasteiger partial charge in [-0.1, -0.05) is 197 Å². The monoisotopic (exact) mass is 1290 g/mol. The minimum atomic E-state index is -1.98. The fraction of sp³-hybridized carbons (Fsp3) is 0.906. The number of ether oxygens (including phenoxy) is 6. The second-order valence-corrected chi connectivity index (χ2v) is 45.5. The van der Waals surface area contributed by atoms with Gasteiger partial charge < -0.3 is 48.2 Å². The molecule has 0 bridgehead atoms. The van der Waals surface area contributed by atoms with Crippen LogP contribution in [0.3, 0.4) is 0 Å². The molecule has 0 amide bonds. The number of alkyl halides is 1. The topological polar surface area (TPSA) is 103 Å². The van der Waals surface area contributed by atoms with E-state index in [9.17, 15) is 5.11 Å². The van der Waals surface area contributed by atoms with Crippen LogP contribution in [0.15, 0.2) is 36.5 Å². The summed E-state index contributed by atoms with van der Waals surface area (Å²) in [5, 5.41) is 9.91. The minimum absolute atomic E-state index is 0. The fourth-order valence-electron chi connectivity index (χ4n) is 8.33. The third-order valence-corrected chi connectivity index (χ3v) is 31.7. The van der Waals surface area contributed by atoms with E-state index in [0.717, 1.165) is 23.7 Å². The summed E-state index contributed by atoms with van der Waals surface area (Å²) in [6.45, 7) is 68.7. The molecule has 0 saturated carbocycles. The summed E-state index contributed by atoms with van der Waals surface area (Å²) >= 11 is 2.42. The van der Waals surface area contributed by atoms with Crippen LogP contribution >= 0.6 is 22.6 Å². The van der Waals surface area contributed by atoms with Crippen molar-refractivity contribution in [3.63, 3.8) is 0 Å². The molecule has 16 heteroatoms. The first-order valence-corrected chi connectivity index (χ1v) is 40.7. The van der Waals surface area contributed by atoms with Crippen molar-refractivity contribution in [3.8, 4) is 0 Å². The zero-order valence-corrected chi connectivity index (χ0v) is 63.1. The summed E-state index contributed by atoms with van der Waals surface area (Å²) in [6.07, 6.45) is 16.6. The zero-order chi connectivity index (χ0) is 61.0. The zero-order valence-electron chi connectivity index (χ0n) is 58.9. The van der Waals surface area contributed by atoms with Crippen molar-refractivity contribution in [3.05, 3.63) is 36.5 Å². The maximum Gasteiger partial charge on any atom is 1.00 e. The number of halogens is 1. The van der Waals surface area contributed by atoms with Crippen LogP contribution in [0.2, 0.25) is 54.4 Å². The Morgan fingerprint density at radius 3 is 0.900 bits per heavy atom. The van der Waals surface area contributed by atoms with E-state index in [0.29, 0.717) is 41.9 Å². The van der Waals surface area contributed by atoms with Crippen molar-refractivity contribution >= 4 is 56.0 Å². The molecule has 80 heavy (non-hydrogen) atoms. The van der Waals surface area contributed by atoms with Crippen molar-refractivity contribution in [2.75, 3.05) is 11.0 Å². The molecule has 0 aromatic heterocycles. The second-order valence-electron chi connectivity index (χ2n) is 30.2. The molecular formula is C64H128BILiO10Si3. The molecule has 10 nitrogen and oxygen atoms in total. The van der Waals surface area contributed by atoms with E-state index in [1.54, 1.807) is 0 Å². The smallest absolute Gasteiger partial charge is 1.00 e. The quantitative estimate of drug-likeness (QED) is 0.0435. The van der Waals surface area contributed by atoms with Crippen LogP contribution < -0.4 is 18.9 Å². The standard InChI is InChI=1S/C22H44O3Si.C21H41IO3Si.C21H42O4Si.B.Li.H/c1-12-13-18-20(24-22(8,9)23-18)19(15-14-17(4)16(2)3)25-26(10,11)21(5,6)7;2*1-15(2)16(3)11-12-18(25-26(9,10)20(4,5)6)19-17(13-14-22)23-21(7,8)24-19;;;/h14-20H,12-13H2,1-11H3;11-12,15-19H,13-14H2,1-10H3;11-12,15-19,22H,13-14H2,1-10H3;;;/q;;;;+1;-1/b15-14-;2*12-11-;;;/t17-,18+,19?,20+;2*16-,17+,18?,19+;;;/m111.../s1. The van der Waals surface area contributed by atoms with Crippen LogP contribution in [0, 0.1) is 35.5 Å². The van der Waals surface area contributed by atoms with Gasteiger partial charge in [0.15, 0.2) is 42.3 Å². The van der Waals surface area contributed by atoms with Crippen LogP contribution in [0.1, 0.15) is 200 Å². The van der Waals surface area contributed by atoms with Crippen molar-refractivity contribution < 1.29 is 67.1 Å². The Bertz CT molecular complexity index is 1630. The number of allylic oxidation sites excluding steroid dienone is 3. The van der Waals surface area contributed by atoms with E-state index < -0.39 is 42.3 Å². The number of hydrogen-bond donors (Lipinski definition) is 1. The third-order valence-electron chi connectivity index (χ3n) is 17.7. The Labute approximate surface area is 527 Å². The van der Waals surface area contributed by atoms with E-state index >= 15 is 0 Å². The summed E-state index contributed by atoms with van der Waals surface area (Å²) in [6, 6.07) is 0. The Hall–Kier alpha value is 0.863. The van der Waals surface area contributed by atoms with Crippen LogP contribution in [0.25, 0.3) is 0 Å². The first-order chi connectivity index (χ1) is 35.1. The number of aliphatic hydroxyl groups excluding tert-OH is 1. The minimum Gasteiger partial charge on any atom is -1.00 e. The van der Waals surface area contributed by atoms with Crippen LogP contribution in [0.4, 0.5) is 0 Å². The fourth-order valence-corrected chi connectivity index (χ4v) is 12.7. The molecule has 3 heterocycles. The number of hydrogen-bond acceptors (Lipinski definition) is 10. The van der Waals surface area contributed by atoms with Gasteiger partial charge in [0.25, 0.3) is 0 Å². The maximum atomic E-state index is 9.46. The molecule has 12 atom stereocenters. The normalized spacial score (nSPS) is 25.9. The van der Waals surface area contributed by atoms with Crippen molar-refractivity contribution in [2.45, 2.75) is 325 Å². The van der Waals surface area contributed by atoms with Crippen molar-refractivity contribution in [2.24, 2.45) is 35.5 Å². The molecule has 3 aliphatic rings. The molecule has 0 aromatic rings. The second kappa shape index (κ2) is 34.0. The molecule has 1 N–H and O–H groups in total. The van der Waals surface area contributed by atoms with Gasteiger partial charge in [-0.3, -0.25) is 0 Å². The van der Waals surface area contributed by atoms with E-state index in [1.807, 2.05) is 41.5 Å². The summed E-state index contributed by atoms with van der Waals surface area (Å²) in [4.78, 5) is 0. The van der Waals surface area contributed by atoms with Gasteiger partial charge in [0, 0.05) is 19.4 Å². The molecule has 3 unspecified atom stereocenters. The van der Waals surface area contributed by atoms with E-state index in [2.05, 4.69) is 230 Å². The van der Waals surface area contributed by atoms with Gasteiger partial charge in [0.2, 0.25) is 0 Å². The number of rotatable bonds is 24. The van der Waals surface area contributed by atoms with Gasteiger partial charge in [-0.15, -0.1) is 0 Å². The average Bonchev–Trinajstić information content (AvgIpc) is 3.87. The molecule has 0 aromatic carbocycles. The molecular weight excluding hydrogens is 1160 g/mol. The molecule has 0 spiro atoms. The predicted molar refractivity (Wildman–Crippen MR) is 354 cm³/mol. The molecule has 0 aliphatic carbocycles. The molecule has 3 rings (SSSR count). The van der Waals surface area contributed by atoms with Crippen LogP contribution in [0.5, 0.6) is 0 Å². The Kier molecular flexibility index (Phi) is 35.2. The van der Waals surface area contributed by atoms with Gasteiger partial charge in [-0.05, 0) is 151 Å². The Morgan fingerprint density at radius 2 is 0.700 bits per heavy atom. The molecule has 3 saturated heterocycles. The van der Waals surface area contributed by atoms with Gasteiger partial charge in [-0.2, -0.15) is 0 Å². The number of aliphatic hydroxyl groups is 1. The Balaban J connectivity index is -0.00000111. The molecule has 3 radical (unpaired) electrons. The van der Waals surface area contributed by atoms with Crippen LogP contribution in [-0.4, -0.2) is 122 Å². The third kappa shape index (κ3) is 27.1. The maximum absolute atomic E-state index is 9.46. The first kappa shape index (κ1) is 82.9. The van der Waals surface area contributed by atoms with Gasteiger partial charge in [0.05, 0.1) is 36.6 Å². The largest absolute Gasteiger partial charge is 1.00 e. The summed E-state index contributed by atoms with van der Waals surface area (Å²) in [7, 11) is -5.83. The Morgan fingerprint density at radius 1 is 0.463 bits per heavy atom. The summed E-state index contributed by atoms with van der Waals surface area (Å²) in [5.74, 6) is 1.55. The van der Waals surface area contributed by atoms with Gasteiger partial charge in [-0.25, -0.2) is 0 Å². The van der Waals surface area contributed by atoms with E-state index in [-0.39, 0.29) is 105 Å².